The Labute approximate surface area is 89.0 Å². The van der Waals surface area contributed by atoms with Gasteiger partial charge in [0.2, 0.25) is 0 Å². The maximum Gasteiger partial charge on any atom is 0.421 e. The number of ether oxygens (including phenoxy) is 1. The van der Waals surface area contributed by atoms with E-state index in [9.17, 15) is 13.2 Å². The van der Waals surface area contributed by atoms with Crippen LogP contribution in [0.4, 0.5) is 4.79 Å². The summed E-state index contributed by atoms with van der Waals surface area (Å²) >= 11 is 0. The molecule has 1 heterocycles. The molecule has 0 aromatic carbocycles. The van der Waals surface area contributed by atoms with Crippen molar-refractivity contribution in [1.29, 1.82) is 0 Å². The molecule has 0 spiro atoms. The highest BCUT2D eigenvalue weighted by Crippen LogP contribution is 2.03. The van der Waals surface area contributed by atoms with E-state index in [0.717, 1.165) is 7.11 Å². The van der Waals surface area contributed by atoms with Crippen molar-refractivity contribution in [3.63, 3.8) is 0 Å². The monoisotopic (exact) mass is 237 g/mol. The van der Waals surface area contributed by atoms with Crippen LogP contribution < -0.4 is 10.0 Å². The molecule has 1 rings (SSSR count). The Hall–Kier alpha value is -0.860. The summed E-state index contributed by atoms with van der Waals surface area (Å²) in [7, 11) is -2.64. The number of rotatable bonds is 2. The second kappa shape index (κ2) is 4.77. The van der Waals surface area contributed by atoms with Crippen molar-refractivity contribution in [2.45, 2.75) is 13.0 Å². The Balaban J connectivity index is 2.64. The summed E-state index contributed by atoms with van der Waals surface area (Å²) in [5.41, 5.74) is 0. The number of methoxy groups -OCH3 is 1. The van der Waals surface area contributed by atoms with Crippen LogP contribution in [0.25, 0.3) is 0 Å². The molecule has 0 unspecified atom stereocenters. The Morgan fingerprint density at radius 2 is 2.27 bits per heavy atom. The average molecular weight is 237 g/mol. The van der Waals surface area contributed by atoms with Gasteiger partial charge < -0.3 is 10.1 Å². The second-order valence-electron chi connectivity index (χ2n) is 3.31. The van der Waals surface area contributed by atoms with Crippen LogP contribution in [-0.2, 0) is 14.9 Å². The molecular weight excluding hydrogens is 222 g/mol. The first-order valence-corrected chi connectivity index (χ1v) is 5.99. The van der Waals surface area contributed by atoms with Gasteiger partial charge in [-0.3, -0.25) is 0 Å². The zero-order valence-electron chi connectivity index (χ0n) is 8.69. The maximum atomic E-state index is 11.6. The molecule has 2 N–H and O–H groups in total. The SMILES string of the molecule is COC(=O)NS(=O)(=O)N1CCN[C@@H](C)C1. The summed E-state index contributed by atoms with van der Waals surface area (Å²) in [6.07, 6.45) is -0.971. The van der Waals surface area contributed by atoms with Gasteiger partial charge in [0.1, 0.15) is 0 Å². The summed E-state index contributed by atoms with van der Waals surface area (Å²) < 4.78 is 30.4. The first-order valence-electron chi connectivity index (χ1n) is 4.55. The predicted molar refractivity (Wildman–Crippen MR) is 53.5 cm³/mol. The number of carbonyl (C=O) groups is 1. The van der Waals surface area contributed by atoms with Crippen LogP contribution >= 0.6 is 0 Å². The van der Waals surface area contributed by atoms with Crippen LogP contribution in [0.2, 0.25) is 0 Å². The molecule has 1 fully saturated rings. The Morgan fingerprint density at radius 1 is 1.60 bits per heavy atom. The van der Waals surface area contributed by atoms with E-state index >= 15 is 0 Å². The van der Waals surface area contributed by atoms with E-state index in [1.54, 1.807) is 4.72 Å². The number of amides is 1. The first-order chi connectivity index (χ1) is 6.95. The largest absolute Gasteiger partial charge is 0.452 e. The minimum Gasteiger partial charge on any atom is -0.452 e. The molecule has 8 heteroatoms. The highest BCUT2D eigenvalue weighted by Gasteiger charge is 2.28. The van der Waals surface area contributed by atoms with Crippen LogP contribution in [-0.4, -0.2) is 51.6 Å². The molecular formula is C7H15N3O4S. The fourth-order valence-electron chi connectivity index (χ4n) is 1.33. The van der Waals surface area contributed by atoms with Crippen LogP contribution in [0.1, 0.15) is 6.92 Å². The Morgan fingerprint density at radius 3 is 2.80 bits per heavy atom. The van der Waals surface area contributed by atoms with Gasteiger partial charge in [0.15, 0.2) is 0 Å². The highest BCUT2D eigenvalue weighted by atomic mass is 32.2. The van der Waals surface area contributed by atoms with E-state index in [2.05, 4.69) is 10.1 Å². The lowest BCUT2D eigenvalue weighted by molar-refractivity contribution is 0.176. The lowest BCUT2D eigenvalue weighted by Gasteiger charge is -2.30. The number of hydrogen-bond donors (Lipinski definition) is 2. The summed E-state index contributed by atoms with van der Waals surface area (Å²) in [6, 6.07) is 0.0768. The Bertz CT molecular complexity index is 329. The standard InChI is InChI=1S/C7H15N3O4S/c1-6-5-10(4-3-8-6)15(12,13)9-7(11)14-2/h6,8H,3-5H2,1-2H3,(H,9,11)/t6-/m0/s1. The summed E-state index contributed by atoms with van der Waals surface area (Å²) in [4.78, 5) is 10.8. The van der Waals surface area contributed by atoms with E-state index in [1.807, 2.05) is 6.92 Å². The van der Waals surface area contributed by atoms with Gasteiger partial charge in [-0.1, -0.05) is 0 Å². The van der Waals surface area contributed by atoms with Gasteiger partial charge in [0.25, 0.3) is 0 Å². The molecule has 0 radical (unpaired) electrons. The quantitative estimate of drug-likeness (QED) is 0.635. The number of carbonyl (C=O) groups excluding carboxylic acids is 1. The van der Waals surface area contributed by atoms with Crippen LogP contribution in [0, 0.1) is 0 Å². The molecule has 0 saturated carbocycles. The molecule has 0 bridgehead atoms. The van der Waals surface area contributed by atoms with Crippen molar-refractivity contribution in [2.75, 3.05) is 26.7 Å². The van der Waals surface area contributed by atoms with E-state index in [1.165, 1.54) is 4.31 Å². The van der Waals surface area contributed by atoms with E-state index in [-0.39, 0.29) is 6.04 Å². The molecule has 0 aromatic heterocycles. The topological polar surface area (TPSA) is 87.7 Å². The van der Waals surface area contributed by atoms with Crippen molar-refractivity contribution < 1.29 is 17.9 Å². The van der Waals surface area contributed by atoms with E-state index < -0.39 is 16.3 Å². The molecule has 1 atom stereocenters. The zero-order chi connectivity index (χ0) is 11.5. The van der Waals surface area contributed by atoms with Crippen molar-refractivity contribution in [3.05, 3.63) is 0 Å². The number of piperazine rings is 1. The fraction of sp³-hybridized carbons (Fsp3) is 0.857. The molecule has 1 aliphatic rings. The van der Waals surface area contributed by atoms with Gasteiger partial charge in [-0.25, -0.2) is 9.52 Å². The first kappa shape index (κ1) is 12.2. The minimum atomic E-state index is -3.76. The smallest absolute Gasteiger partial charge is 0.421 e. The van der Waals surface area contributed by atoms with E-state index in [0.29, 0.717) is 19.6 Å². The predicted octanol–water partition coefficient (Wildman–Crippen LogP) is -1.12. The number of nitrogens with zero attached hydrogens (tertiary/aromatic N) is 1. The van der Waals surface area contributed by atoms with Crippen molar-refractivity contribution in [1.82, 2.24) is 14.3 Å². The number of hydrogen-bond acceptors (Lipinski definition) is 5. The van der Waals surface area contributed by atoms with Crippen molar-refractivity contribution in [2.24, 2.45) is 0 Å². The minimum absolute atomic E-state index is 0.0768. The fourth-order valence-corrected chi connectivity index (χ4v) is 2.50. The van der Waals surface area contributed by atoms with Crippen molar-refractivity contribution in [3.8, 4) is 0 Å². The summed E-state index contributed by atoms with van der Waals surface area (Å²) in [6.45, 7) is 3.13. The molecule has 15 heavy (non-hydrogen) atoms. The van der Waals surface area contributed by atoms with E-state index in [4.69, 9.17) is 0 Å². The molecule has 1 saturated heterocycles. The van der Waals surface area contributed by atoms with Gasteiger partial charge in [-0.05, 0) is 6.92 Å². The van der Waals surface area contributed by atoms with Crippen molar-refractivity contribution >= 4 is 16.3 Å². The highest BCUT2D eigenvalue weighted by molar-refractivity contribution is 7.87. The number of nitrogens with one attached hydrogen (secondary N) is 2. The van der Waals surface area contributed by atoms with Crippen LogP contribution in [0.3, 0.4) is 0 Å². The lowest BCUT2D eigenvalue weighted by Crippen LogP contribution is -2.55. The van der Waals surface area contributed by atoms with Gasteiger partial charge >= 0.3 is 16.3 Å². The molecule has 0 aliphatic carbocycles. The Kier molecular flexibility index (Phi) is 3.89. The lowest BCUT2D eigenvalue weighted by atomic mass is 10.3. The zero-order valence-corrected chi connectivity index (χ0v) is 9.50. The third-order valence-corrected chi connectivity index (χ3v) is 3.51. The maximum absolute atomic E-state index is 11.6. The average Bonchev–Trinajstić information content (AvgIpc) is 2.17. The third-order valence-electron chi connectivity index (χ3n) is 2.07. The van der Waals surface area contributed by atoms with Gasteiger partial charge in [0, 0.05) is 25.7 Å². The van der Waals surface area contributed by atoms with Gasteiger partial charge in [-0.2, -0.15) is 12.7 Å². The summed E-state index contributed by atoms with van der Waals surface area (Å²) in [5.74, 6) is 0. The molecule has 88 valence electrons. The molecule has 1 amide bonds. The van der Waals surface area contributed by atoms with Crippen LogP contribution in [0.5, 0.6) is 0 Å². The molecule has 7 nitrogen and oxygen atoms in total. The van der Waals surface area contributed by atoms with Gasteiger partial charge in [0.05, 0.1) is 7.11 Å². The third kappa shape index (κ3) is 3.33. The summed E-state index contributed by atoms with van der Waals surface area (Å²) in [5, 5.41) is 3.10. The molecule has 0 aromatic rings. The van der Waals surface area contributed by atoms with Gasteiger partial charge in [-0.15, -0.1) is 0 Å². The molecule has 1 aliphatic heterocycles. The second-order valence-corrected chi connectivity index (χ2v) is 4.98. The normalized spacial score (nSPS) is 23.5. The van der Waals surface area contributed by atoms with Crippen LogP contribution in [0.15, 0.2) is 0 Å².